The van der Waals surface area contributed by atoms with Crippen LogP contribution >= 0.6 is 0 Å². The molecule has 2 aliphatic heterocycles. The van der Waals surface area contributed by atoms with E-state index < -0.39 is 0 Å². The van der Waals surface area contributed by atoms with Gasteiger partial charge >= 0.3 is 0 Å². The van der Waals surface area contributed by atoms with Crippen molar-refractivity contribution in [1.29, 1.82) is 0 Å². The molecule has 3 aliphatic rings. The lowest BCUT2D eigenvalue weighted by atomic mass is 9.75. The van der Waals surface area contributed by atoms with Gasteiger partial charge in [-0.25, -0.2) is 0 Å². The fourth-order valence-corrected chi connectivity index (χ4v) is 4.43. The Morgan fingerprint density at radius 2 is 1.70 bits per heavy atom. The van der Waals surface area contributed by atoms with Crippen LogP contribution in [-0.4, -0.2) is 24.0 Å². The third-order valence-corrected chi connectivity index (χ3v) is 5.75. The fraction of sp³-hybridized carbons (Fsp3) is 0.941. The Morgan fingerprint density at radius 1 is 1.10 bits per heavy atom. The molecule has 2 bridgehead atoms. The molecule has 1 saturated carbocycles. The van der Waals surface area contributed by atoms with Gasteiger partial charge in [0.15, 0.2) is 0 Å². The molecule has 3 nitrogen and oxygen atoms in total. The van der Waals surface area contributed by atoms with Crippen LogP contribution in [0.3, 0.4) is 0 Å². The molecular formula is C17H30N2O. The molecule has 1 amide bonds. The van der Waals surface area contributed by atoms with Crippen LogP contribution < -0.4 is 10.6 Å². The van der Waals surface area contributed by atoms with Crippen molar-refractivity contribution in [2.45, 2.75) is 89.8 Å². The lowest BCUT2D eigenvalue weighted by Crippen LogP contribution is -2.42. The highest BCUT2D eigenvalue weighted by Crippen LogP contribution is 2.35. The average Bonchev–Trinajstić information content (AvgIpc) is 2.71. The lowest BCUT2D eigenvalue weighted by Gasteiger charge is -2.35. The van der Waals surface area contributed by atoms with Gasteiger partial charge in [-0.1, -0.05) is 13.8 Å². The van der Waals surface area contributed by atoms with Crippen molar-refractivity contribution < 1.29 is 4.79 Å². The molecule has 0 radical (unpaired) electrons. The number of carbonyl (C=O) groups is 1. The van der Waals surface area contributed by atoms with Gasteiger partial charge in [0.1, 0.15) is 0 Å². The summed E-state index contributed by atoms with van der Waals surface area (Å²) in [5.74, 6) is 0.926. The number of nitrogens with one attached hydrogen (secondary N) is 2. The minimum absolute atomic E-state index is 0.306. The van der Waals surface area contributed by atoms with E-state index in [9.17, 15) is 4.79 Å². The first-order chi connectivity index (χ1) is 9.50. The van der Waals surface area contributed by atoms with E-state index in [0.717, 1.165) is 19.3 Å². The lowest BCUT2D eigenvalue weighted by molar-refractivity contribution is -0.123. The number of hydrogen-bond donors (Lipinski definition) is 2. The van der Waals surface area contributed by atoms with Gasteiger partial charge in [-0.3, -0.25) is 4.79 Å². The standard InChI is InChI=1S/C17H30N2O/c1-17(2)7-5-13(6-8-17)19-16(20)11-12-9-14-3-4-15(10-12)18-14/h12-15,18H,3-11H2,1-2H3,(H,19,20). The van der Waals surface area contributed by atoms with E-state index in [1.165, 1.54) is 38.5 Å². The maximum absolute atomic E-state index is 12.2. The minimum Gasteiger partial charge on any atom is -0.353 e. The summed E-state index contributed by atoms with van der Waals surface area (Å²) in [4.78, 5) is 12.2. The molecule has 0 aromatic carbocycles. The number of fused-ring (bicyclic) bond motifs is 2. The third kappa shape index (κ3) is 3.55. The fourth-order valence-electron chi connectivity index (χ4n) is 4.43. The molecular weight excluding hydrogens is 248 g/mol. The SMILES string of the molecule is CC1(C)CCC(NC(=O)CC2CC3CCC(C2)N3)CC1. The van der Waals surface area contributed by atoms with Crippen LogP contribution in [0.25, 0.3) is 0 Å². The maximum Gasteiger partial charge on any atom is 0.220 e. The van der Waals surface area contributed by atoms with Crippen molar-refractivity contribution >= 4 is 5.91 Å². The Kier molecular flexibility index (Phi) is 4.07. The summed E-state index contributed by atoms with van der Waals surface area (Å²) in [7, 11) is 0. The van der Waals surface area contributed by atoms with E-state index in [0.29, 0.717) is 35.4 Å². The van der Waals surface area contributed by atoms with Gasteiger partial charge in [0, 0.05) is 24.5 Å². The zero-order chi connectivity index (χ0) is 14.2. The Labute approximate surface area is 123 Å². The zero-order valence-corrected chi connectivity index (χ0v) is 13.1. The first-order valence-electron chi connectivity index (χ1n) is 8.56. The third-order valence-electron chi connectivity index (χ3n) is 5.75. The normalized spacial score (nSPS) is 36.8. The first kappa shape index (κ1) is 14.4. The molecule has 3 heteroatoms. The van der Waals surface area contributed by atoms with E-state index in [2.05, 4.69) is 24.5 Å². The topological polar surface area (TPSA) is 41.1 Å². The predicted octanol–water partition coefficient (Wildman–Crippen LogP) is 2.99. The summed E-state index contributed by atoms with van der Waals surface area (Å²) in [5, 5.41) is 6.95. The number of hydrogen-bond acceptors (Lipinski definition) is 2. The van der Waals surface area contributed by atoms with Gasteiger partial charge in [-0.05, 0) is 62.7 Å². The summed E-state index contributed by atoms with van der Waals surface area (Å²) >= 11 is 0. The van der Waals surface area contributed by atoms with Gasteiger partial charge < -0.3 is 10.6 Å². The molecule has 0 spiro atoms. The molecule has 114 valence electrons. The van der Waals surface area contributed by atoms with Gasteiger partial charge in [0.05, 0.1) is 0 Å². The van der Waals surface area contributed by atoms with E-state index in [4.69, 9.17) is 0 Å². The number of piperidine rings is 1. The average molecular weight is 278 g/mol. The number of amides is 1. The summed E-state index contributed by atoms with van der Waals surface area (Å²) < 4.78 is 0. The Hall–Kier alpha value is -0.570. The van der Waals surface area contributed by atoms with Crippen molar-refractivity contribution in [2.24, 2.45) is 11.3 Å². The second kappa shape index (κ2) is 5.67. The predicted molar refractivity (Wildman–Crippen MR) is 81.5 cm³/mol. The molecule has 3 rings (SSSR count). The van der Waals surface area contributed by atoms with E-state index in [-0.39, 0.29) is 0 Å². The quantitative estimate of drug-likeness (QED) is 0.833. The summed E-state index contributed by atoms with van der Waals surface area (Å²) in [5.41, 5.74) is 0.482. The van der Waals surface area contributed by atoms with Gasteiger partial charge in [-0.15, -0.1) is 0 Å². The first-order valence-corrected chi connectivity index (χ1v) is 8.56. The largest absolute Gasteiger partial charge is 0.353 e. The van der Waals surface area contributed by atoms with Crippen molar-refractivity contribution in [1.82, 2.24) is 10.6 Å². The van der Waals surface area contributed by atoms with Crippen LogP contribution in [0.2, 0.25) is 0 Å². The second-order valence-electron chi connectivity index (χ2n) is 8.19. The van der Waals surface area contributed by atoms with Crippen LogP contribution in [0, 0.1) is 11.3 Å². The zero-order valence-electron chi connectivity index (χ0n) is 13.1. The molecule has 2 heterocycles. The Bertz CT molecular complexity index is 344. The minimum atomic E-state index is 0.306. The highest BCUT2D eigenvalue weighted by molar-refractivity contribution is 5.76. The Morgan fingerprint density at radius 3 is 2.30 bits per heavy atom. The number of rotatable bonds is 3. The highest BCUT2D eigenvalue weighted by Gasteiger charge is 2.34. The second-order valence-corrected chi connectivity index (χ2v) is 8.19. The van der Waals surface area contributed by atoms with Crippen molar-refractivity contribution in [2.75, 3.05) is 0 Å². The molecule has 2 saturated heterocycles. The van der Waals surface area contributed by atoms with Crippen LogP contribution in [-0.2, 0) is 4.79 Å². The molecule has 2 unspecified atom stereocenters. The van der Waals surface area contributed by atoms with Crippen LogP contribution in [0.15, 0.2) is 0 Å². The van der Waals surface area contributed by atoms with Gasteiger partial charge in [0.2, 0.25) is 5.91 Å². The smallest absolute Gasteiger partial charge is 0.220 e. The van der Waals surface area contributed by atoms with E-state index in [1.54, 1.807) is 0 Å². The van der Waals surface area contributed by atoms with Crippen molar-refractivity contribution in [3.8, 4) is 0 Å². The molecule has 0 aromatic rings. The van der Waals surface area contributed by atoms with Crippen LogP contribution in [0.5, 0.6) is 0 Å². The van der Waals surface area contributed by atoms with Crippen LogP contribution in [0.4, 0.5) is 0 Å². The molecule has 0 aromatic heterocycles. The van der Waals surface area contributed by atoms with Crippen molar-refractivity contribution in [3.05, 3.63) is 0 Å². The highest BCUT2D eigenvalue weighted by atomic mass is 16.1. The van der Waals surface area contributed by atoms with Gasteiger partial charge in [0.25, 0.3) is 0 Å². The number of carbonyl (C=O) groups excluding carboxylic acids is 1. The molecule has 2 N–H and O–H groups in total. The van der Waals surface area contributed by atoms with Crippen LogP contribution in [0.1, 0.15) is 71.6 Å². The molecule has 2 atom stereocenters. The molecule has 20 heavy (non-hydrogen) atoms. The maximum atomic E-state index is 12.2. The molecule has 1 aliphatic carbocycles. The monoisotopic (exact) mass is 278 g/mol. The van der Waals surface area contributed by atoms with Crippen molar-refractivity contribution in [3.63, 3.8) is 0 Å². The Balaban J connectivity index is 1.41. The summed E-state index contributed by atoms with van der Waals surface area (Å²) in [6, 6.07) is 1.83. The summed E-state index contributed by atoms with van der Waals surface area (Å²) in [6.45, 7) is 4.69. The van der Waals surface area contributed by atoms with E-state index >= 15 is 0 Å². The van der Waals surface area contributed by atoms with E-state index in [1.807, 2.05) is 0 Å². The summed E-state index contributed by atoms with van der Waals surface area (Å²) in [6.07, 6.45) is 10.6. The van der Waals surface area contributed by atoms with Gasteiger partial charge in [-0.2, -0.15) is 0 Å². The molecule has 3 fully saturated rings.